The topological polar surface area (TPSA) is 61.2 Å². The van der Waals surface area contributed by atoms with Crippen LogP contribution >= 0.6 is 23.1 Å². The lowest BCUT2D eigenvalue weighted by molar-refractivity contribution is -0.140. The van der Waals surface area contributed by atoms with Crippen molar-refractivity contribution in [1.29, 1.82) is 0 Å². The highest BCUT2D eigenvalue weighted by atomic mass is 32.2. The van der Waals surface area contributed by atoms with Crippen LogP contribution in [0.1, 0.15) is 24.6 Å². The van der Waals surface area contributed by atoms with E-state index in [-0.39, 0.29) is 11.5 Å². The smallest absolute Gasteiger partial charge is 0.305 e. The molecule has 2 aromatic heterocycles. The van der Waals surface area contributed by atoms with Gasteiger partial charge in [0.25, 0.3) is 5.56 Å². The lowest BCUT2D eigenvalue weighted by Crippen LogP contribution is -2.23. The Balaban J connectivity index is 2.34. The maximum atomic E-state index is 12.6. The predicted molar refractivity (Wildman–Crippen MR) is 86.3 cm³/mol. The highest BCUT2D eigenvalue weighted by Gasteiger charge is 2.13. The van der Waals surface area contributed by atoms with E-state index in [0.29, 0.717) is 29.9 Å². The number of thiophene rings is 1. The van der Waals surface area contributed by atoms with Gasteiger partial charge in [0, 0.05) is 17.8 Å². The lowest BCUT2D eigenvalue weighted by Gasteiger charge is -2.09. The Morgan fingerprint density at radius 1 is 1.52 bits per heavy atom. The largest absolute Gasteiger partial charge is 0.469 e. The van der Waals surface area contributed by atoms with Gasteiger partial charge in [-0.3, -0.25) is 14.2 Å². The summed E-state index contributed by atoms with van der Waals surface area (Å²) in [5, 5.41) is 1.37. The van der Waals surface area contributed by atoms with E-state index in [1.54, 1.807) is 15.9 Å². The Hall–Kier alpha value is -1.34. The van der Waals surface area contributed by atoms with E-state index in [9.17, 15) is 9.59 Å². The third-order valence-corrected chi connectivity index (χ3v) is 5.04. The van der Waals surface area contributed by atoms with Crippen LogP contribution < -0.4 is 5.56 Å². The van der Waals surface area contributed by atoms with Crippen molar-refractivity contribution in [2.45, 2.75) is 37.9 Å². The minimum absolute atomic E-state index is 0.0230. The Labute approximate surface area is 131 Å². The molecule has 0 fully saturated rings. The first-order valence-electron chi connectivity index (χ1n) is 6.74. The van der Waals surface area contributed by atoms with Crippen LogP contribution in [0.5, 0.6) is 0 Å². The second kappa shape index (κ2) is 7.09. The molecule has 114 valence electrons. The van der Waals surface area contributed by atoms with Crippen LogP contribution in [0.15, 0.2) is 16.0 Å². The van der Waals surface area contributed by atoms with Crippen molar-refractivity contribution < 1.29 is 9.53 Å². The fourth-order valence-corrected chi connectivity index (χ4v) is 3.65. The molecule has 0 bridgehead atoms. The van der Waals surface area contributed by atoms with Crippen LogP contribution in [0.2, 0.25) is 0 Å². The molecule has 2 rings (SSSR count). The van der Waals surface area contributed by atoms with Crippen LogP contribution in [0.25, 0.3) is 10.2 Å². The highest BCUT2D eigenvalue weighted by Crippen LogP contribution is 2.24. The van der Waals surface area contributed by atoms with Gasteiger partial charge >= 0.3 is 5.97 Å². The van der Waals surface area contributed by atoms with Gasteiger partial charge in [-0.05, 0) is 25.2 Å². The minimum atomic E-state index is -0.258. The second-order valence-corrected chi connectivity index (χ2v) is 6.41. The molecule has 0 atom stereocenters. The van der Waals surface area contributed by atoms with Gasteiger partial charge in [-0.15, -0.1) is 11.3 Å². The summed E-state index contributed by atoms with van der Waals surface area (Å²) in [6.07, 6.45) is 3.67. The molecular formula is C14H18N2O3S2. The molecule has 0 spiro atoms. The van der Waals surface area contributed by atoms with Gasteiger partial charge in [-0.2, -0.15) is 0 Å². The van der Waals surface area contributed by atoms with Gasteiger partial charge in [-0.1, -0.05) is 18.7 Å². The normalized spacial score (nSPS) is 11.0. The standard InChI is InChI=1S/C14H18N2O3S2/c1-4-9-8-10-12(21-9)15-14(20-3)16(13(10)18)7-5-6-11(17)19-2/h8H,4-7H2,1-3H3. The summed E-state index contributed by atoms with van der Waals surface area (Å²) in [4.78, 5) is 30.3. The van der Waals surface area contributed by atoms with E-state index in [1.165, 1.54) is 18.9 Å². The van der Waals surface area contributed by atoms with Crippen molar-refractivity contribution in [2.24, 2.45) is 0 Å². The fraction of sp³-hybridized carbons (Fsp3) is 0.500. The third-order valence-electron chi connectivity index (χ3n) is 3.19. The molecule has 0 aliphatic heterocycles. The summed E-state index contributed by atoms with van der Waals surface area (Å²) in [6.45, 7) is 2.54. The second-order valence-electron chi connectivity index (χ2n) is 4.52. The van der Waals surface area contributed by atoms with Crippen molar-refractivity contribution >= 4 is 39.3 Å². The van der Waals surface area contributed by atoms with Crippen LogP contribution in [-0.4, -0.2) is 28.9 Å². The van der Waals surface area contributed by atoms with E-state index in [1.807, 2.05) is 12.3 Å². The zero-order valence-corrected chi connectivity index (χ0v) is 14.0. The predicted octanol–water partition coefficient (Wildman–Crippen LogP) is 2.70. The Morgan fingerprint density at radius 2 is 2.29 bits per heavy atom. The number of ether oxygens (including phenoxy) is 1. The van der Waals surface area contributed by atoms with Crippen LogP contribution in [-0.2, 0) is 22.5 Å². The molecule has 2 aromatic rings. The van der Waals surface area contributed by atoms with E-state index >= 15 is 0 Å². The third kappa shape index (κ3) is 3.47. The number of aromatic nitrogens is 2. The number of methoxy groups -OCH3 is 1. The summed E-state index contributed by atoms with van der Waals surface area (Å²) < 4.78 is 6.27. The molecule has 0 saturated heterocycles. The molecule has 0 N–H and O–H groups in total. The average Bonchev–Trinajstić information content (AvgIpc) is 2.92. The van der Waals surface area contributed by atoms with Gasteiger partial charge in [0.05, 0.1) is 12.5 Å². The lowest BCUT2D eigenvalue weighted by atomic mass is 10.3. The molecule has 0 amide bonds. The Kier molecular flexibility index (Phi) is 5.41. The van der Waals surface area contributed by atoms with Gasteiger partial charge in [-0.25, -0.2) is 4.98 Å². The van der Waals surface area contributed by atoms with Crippen molar-refractivity contribution in [3.8, 4) is 0 Å². The van der Waals surface area contributed by atoms with Crippen molar-refractivity contribution in [1.82, 2.24) is 9.55 Å². The number of nitrogens with zero attached hydrogens (tertiary/aromatic N) is 2. The van der Waals surface area contributed by atoms with Gasteiger partial charge < -0.3 is 4.74 Å². The number of hydrogen-bond donors (Lipinski definition) is 0. The van der Waals surface area contributed by atoms with Gasteiger partial charge in [0.15, 0.2) is 5.16 Å². The minimum Gasteiger partial charge on any atom is -0.469 e. The molecule has 0 saturated carbocycles. The molecule has 0 aromatic carbocycles. The number of rotatable bonds is 6. The molecule has 0 aliphatic rings. The molecule has 7 heteroatoms. The van der Waals surface area contributed by atoms with Gasteiger partial charge in [0.2, 0.25) is 0 Å². The fourth-order valence-electron chi connectivity index (χ4n) is 2.06. The first-order valence-corrected chi connectivity index (χ1v) is 8.78. The van der Waals surface area contributed by atoms with Crippen LogP contribution in [0, 0.1) is 0 Å². The van der Waals surface area contributed by atoms with Crippen molar-refractivity contribution in [2.75, 3.05) is 13.4 Å². The number of hydrogen-bond acceptors (Lipinski definition) is 6. The summed E-state index contributed by atoms with van der Waals surface area (Å²) in [5.74, 6) is -0.258. The zero-order chi connectivity index (χ0) is 15.4. The highest BCUT2D eigenvalue weighted by molar-refractivity contribution is 7.98. The number of fused-ring (bicyclic) bond motifs is 1. The van der Waals surface area contributed by atoms with Gasteiger partial charge in [0.1, 0.15) is 4.83 Å². The van der Waals surface area contributed by atoms with Crippen LogP contribution in [0.4, 0.5) is 0 Å². The number of thioether (sulfide) groups is 1. The summed E-state index contributed by atoms with van der Waals surface area (Å²) in [6, 6.07) is 1.93. The summed E-state index contributed by atoms with van der Waals surface area (Å²) >= 11 is 3.02. The molecule has 0 unspecified atom stereocenters. The summed E-state index contributed by atoms with van der Waals surface area (Å²) in [7, 11) is 1.37. The van der Waals surface area contributed by atoms with E-state index in [4.69, 9.17) is 0 Å². The molecule has 2 heterocycles. The maximum absolute atomic E-state index is 12.6. The summed E-state index contributed by atoms with van der Waals surface area (Å²) in [5.41, 5.74) is -0.0230. The molecule has 5 nitrogen and oxygen atoms in total. The molecule has 0 aliphatic carbocycles. The van der Waals surface area contributed by atoms with E-state index < -0.39 is 0 Å². The monoisotopic (exact) mass is 326 g/mol. The van der Waals surface area contributed by atoms with E-state index in [0.717, 1.165) is 16.1 Å². The van der Waals surface area contributed by atoms with Crippen molar-refractivity contribution in [3.63, 3.8) is 0 Å². The molecular weight excluding hydrogens is 308 g/mol. The quantitative estimate of drug-likeness (QED) is 0.464. The van der Waals surface area contributed by atoms with Crippen molar-refractivity contribution in [3.05, 3.63) is 21.3 Å². The first kappa shape index (κ1) is 16.0. The molecule has 0 radical (unpaired) electrons. The van der Waals surface area contributed by atoms with Crippen LogP contribution in [0.3, 0.4) is 0 Å². The Bertz CT molecular complexity index is 706. The molecule has 21 heavy (non-hydrogen) atoms. The number of carbonyl (C=O) groups excluding carboxylic acids is 1. The number of aryl methyl sites for hydroxylation is 1. The maximum Gasteiger partial charge on any atom is 0.305 e. The zero-order valence-electron chi connectivity index (χ0n) is 12.3. The Morgan fingerprint density at radius 3 is 2.90 bits per heavy atom. The van der Waals surface area contributed by atoms with E-state index in [2.05, 4.69) is 16.6 Å². The number of esters is 1. The number of carbonyl (C=O) groups is 1. The SMILES string of the molecule is CCc1cc2c(=O)n(CCCC(=O)OC)c(SC)nc2s1. The average molecular weight is 326 g/mol. The first-order chi connectivity index (χ1) is 10.1.